The number of methoxy groups -OCH3 is 4. The average Bonchev–Trinajstić information content (AvgIpc) is 2.95. The highest BCUT2D eigenvalue weighted by Gasteiger charge is 2.28. The molecular weight excluding hydrogens is 484 g/mol. The maximum Gasteiger partial charge on any atom is 0.340 e. The van der Waals surface area contributed by atoms with Crippen molar-refractivity contribution in [2.45, 2.75) is 51.6 Å². The molecule has 1 fully saturated rings. The molecule has 0 aliphatic heterocycles. The summed E-state index contributed by atoms with van der Waals surface area (Å²) in [4.78, 5) is 21.0. The Hall–Kier alpha value is -3.52. The van der Waals surface area contributed by atoms with E-state index in [0.29, 0.717) is 57.9 Å². The number of rotatable bonds is 10. The largest absolute Gasteiger partial charge is 0.493 e. The van der Waals surface area contributed by atoms with Gasteiger partial charge in [0.05, 0.1) is 51.8 Å². The minimum atomic E-state index is -0.409. The number of pyridine rings is 1. The zero-order valence-corrected chi connectivity index (χ0v) is 23.3. The number of ether oxygens (including phenoxy) is 5. The van der Waals surface area contributed by atoms with Gasteiger partial charge in [-0.3, -0.25) is 9.88 Å². The van der Waals surface area contributed by atoms with Gasteiger partial charge in [-0.1, -0.05) is 25.3 Å². The first-order valence-corrected chi connectivity index (χ1v) is 13.1. The Morgan fingerprint density at radius 3 is 2.16 bits per heavy atom. The normalized spacial score (nSPS) is 14.0. The van der Waals surface area contributed by atoms with Crippen molar-refractivity contribution < 1.29 is 28.5 Å². The number of esters is 1. The van der Waals surface area contributed by atoms with Gasteiger partial charge in [-0.05, 0) is 50.6 Å². The fourth-order valence-corrected chi connectivity index (χ4v) is 5.36. The fourth-order valence-electron chi connectivity index (χ4n) is 5.36. The van der Waals surface area contributed by atoms with Crippen LogP contribution in [0.5, 0.6) is 23.0 Å². The van der Waals surface area contributed by atoms with Crippen LogP contribution >= 0.6 is 0 Å². The van der Waals surface area contributed by atoms with Crippen molar-refractivity contribution in [1.82, 2.24) is 9.88 Å². The van der Waals surface area contributed by atoms with Crippen molar-refractivity contribution in [3.05, 3.63) is 41.6 Å². The van der Waals surface area contributed by atoms with E-state index in [1.807, 2.05) is 37.3 Å². The third kappa shape index (κ3) is 5.50. The van der Waals surface area contributed by atoms with Gasteiger partial charge in [0.1, 0.15) is 0 Å². The number of fused-ring (bicyclic) bond motifs is 1. The Morgan fingerprint density at radius 1 is 0.895 bits per heavy atom. The van der Waals surface area contributed by atoms with Crippen LogP contribution in [-0.4, -0.2) is 64.0 Å². The zero-order valence-electron chi connectivity index (χ0n) is 23.3. The number of nitrogens with zero attached hydrogens (tertiary/aromatic N) is 2. The number of carbonyl (C=O) groups is 1. The number of carbonyl (C=O) groups excluding carboxylic acids is 1. The fraction of sp³-hybridized carbons (Fsp3) is 0.467. The van der Waals surface area contributed by atoms with E-state index in [1.165, 1.54) is 19.3 Å². The van der Waals surface area contributed by atoms with Crippen LogP contribution in [0.15, 0.2) is 30.3 Å². The van der Waals surface area contributed by atoms with Crippen LogP contribution in [0.2, 0.25) is 0 Å². The maximum atomic E-state index is 13.6. The molecule has 0 saturated heterocycles. The molecule has 204 valence electrons. The van der Waals surface area contributed by atoms with E-state index >= 15 is 0 Å². The molecule has 0 N–H and O–H groups in total. The molecule has 8 nitrogen and oxygen atoms in total. The first kappa shape index (κ1) is 27.5. The van der Waals surface area contributed by atoms with Crippen LogP contribution in [-0.2, 0) is 11.3 Å². The minimum Gasteiger partial charge on any atom is -0.493 e. The van der Waals surface area contributed by atoms with Gasteiger partial charge in [0.25, 0.3) is 0 Å². The van der Waals surface area contributed by atoms with Crippen molar-refractivity contribution >= 4 is 16.9 Å². The third-order valence-electron chi connectivity index (χ3n) is 7.31. The lowest BCUT2D eigenvalue weighted by atomic mass is 9.92. The van der Waals surface area contributed by atoms with Crippen molar-refractivity contribution in [2.75, 3.05) is 42.1 Å². The van der Waals surface area contributed by atoms with Crippen LogP contribution < -0.4 is 18.9 Å². The van der Waals surface area contributed by atoms with E-state index in [1.54, 1.807) is 28.4 Å². The predicted octanol–water partition coefficient (Wildman–Crippen LogP) is 5.88. The average molecular weight is 523 g/mol. The van der Waals surface area contributed by atoms with Crippen molar-refractivity contribution in [3.63, 3.8) is 0 Å². The SMILES string of the molecule is CCOC(=O)c1c(CN(C)C2CCCCC2)nc2cc(OC)c(OC)cc2c1-c1ccc(OC)c(OC)c1. The number of aromatic nitrogens is 1. The summed E-state index contributed by atoms with van der Waals surface area (Å²) < 4.78 is 27.9. The third-order valence-corrected chi connectivity index (χ3v) is 7.31. The summed E-state index contributed by atoms with van der Waals surface area (Å²) in [6, 6.07) is 9.81. The predicted molar refractivity (Wildman–Crippen MR) is 148 cm³/mol. The number of benzene rings is 2. The van der Waals surface area contributed by atoms with Gasteiger partial charge in [-0.25, -0.2) is 4.79 Å². The molecule has 1 aromatic heterocycles. The summed E-state index contributed by atoms with van der Waals surface area (Å²) in [5, 5.41) is 0.752. The van der Waals surface area contributed by atoms with E-state index in [4.69, 9.17) is 28.7 Å². The van der Waals surface area contributed by atoms with Crippen molar-refractivity contribution in [2.24, 2.45) is 0 Å². The van der Waals surface area contributed by atoms with Gasteiger partial charge in [0.2, 0.25) is 0 Å². The Bertz CT molecular complexity index is 1290. The van der Waals surface area contributed by atoms with Crippen LogP contribution in [0.3, 0.4) is 0 Å². The molecule has 1 aliphatic rings. The minimum absolute atomic E-state index is 0.256. The summed E-state index contributed by atoms with van der Waals surface area (Å²) in [5.74, 6) is 1.87. The number of hydrogen-bond acceptors (Lipinski definition) is 8. The smallest absolute Gasteiger partial charge is 0.340 e. The molecule has 1 heterocycles. The molecule has 1 aliphatic carbocycles. The van der Waals surface area contributed by atoms with E-state index < -0.39 is 5.97 Å². The molecule has 4 rings (SSSR count). The van der Waals surface area contributed by atoms with E-state index in [2.05, 4.69) is 11.9 Å². The van der Waals surface area contributed by atoms with Gasteiger partial charge in [-0.2, -0.15) is 0 Å². The summed E-state index contributed by atoms with van der Waals surface area (Å²) in [5.41, 5.74) is 3.31. The van der Waals surface area contributed by atoms with Crippen molar-refractivity contribution in [3.8, 4) is 34.1 Å². The molecule has 0 radical (unpaired) electrons. The molecular formula is C30H38N2O6. The second kappa shape index (κ2) is 12.3. The first-order valence-electron chi connectivity index (χ1n) is 13.1. The lowest BCUT2D eigenvalue weighted by molar-refractivity contribution is 0.0523. The second-order valence-corrected chi connectivity index (χ2v) is 9.53. The first-order chi connectivity index (χ1) is 18.4. The Labute approximate surface area is 224 Å². The molecule has 0 bridgehead atoms. The lowest BCUT2D eigenvalue weighted by Crippen LogP contribution is -2.34. The standard InChI is InChI=1S/C30H38N2O6/c1-7-38-30(33)29-23(18-32(2)20-11-9-8-10-12-20)31-22-17-27(37-6)26(36-5)16-21(22)28(29)19-13-14-24(34-3)25(15-19)35-4/h13-17,20H,7-12,18H2,1-6H3. The topological polar surface area (TPSA) is 79.4 Å². The second-order valence-electron chi connectivity index (χ2n) is 9.53. The van der Waals surface area contributed by atoms with Gasteiger partial charge in [0.15, 0.2) is 23.0 Å². The van der Waals surface area contributed by atoms with E-state index in [-0.39, 0.29) is 6.61 Å². The molecule has 2 aromatic carbocycles. The zero-order chi connectivity index (χ0) is 27.2. The maximum absolute atomic E-state index is 13.6. The van der Waals surface area contributed by atoms with Crippen molar-refractivity contribution in [1.29, 1.82) is 0 Å². The van der Waals surface area contributed by atoms with Gasteiger partial charge in [0, 0.05) is 29.6 Å². The highest BCUT2D eigenvalue weighted by Crippen LogP contribution is 2.42. The molecule has 0 unspecified atom stereocenters. The van der Waals surface area contributed by atoms with E-state index in [9.17, 15) is 4.79 Å². The summed E-state index contributed by atoms with van der Waals surface area (Å²) in [6.07, 6.45) is 6.01. The Kier molecular flexibility index (Phi) is 8.94. The van der Waals surface area contributed by atoms with E-state index in [0.717, 1.165) is 23.8 Å². The summed E-state index contributed by atoms with van der Waals surface area (Å²) in [7, 11) is 8.49. The summed E-state index contributed by atoms with van der Waals surface area (Å²) in [6.45, 7) is 2.58. The Balaban J connectivity index is 2.02. The molecule has 1 saturated carbocycles. The molecule has 0 amide bonds. The van der Waals surface area contributed by atoms with Crippen LogP contribution in [0.1, 0.15) is 55.1 Å². The van der Waals surface area contributed by atoms with Crippen LogP contribution in [0, 0.1) is 0 Å². The van der Waals surface area contributed by atoms with Gasteiger partial charge >= 0.3 is 5.97 Å². The van der Waals surface area contributed by atoms with Gasteiger partial charge < -0.3 is 23.7 Å². The highest BCUT2D eigenvalue weighted by atomic mass is 16.5. The monoisotopic (exact) mass is 522 g/mol. The molecule has 38 heavy (non-hydrogen) atoms. The quantitative estimate of drug-likeness (QED) is 0.306. The molecule has 0 atom stereocenters. The summed E-state index contributed by atoms with van der Waals surface area (Å²) >= 11 is 0. The molecule has 0 spiro atoms. The van der Waals surface area contributed by atoms with Crippen LogP contribution in [0.25, 0.3) is 22.0 Å². The lowest BCUT2D eigenvalue weighted by Gasteiger charge is -2.31. The van der Waals surface area contributed by atoms with Crippen LogP contribution in [0.4, 0.5) is 0 Å². The molecule has 8 heteroatoms. The molecule has 3 aromatic rings. The highest BCUT2D eigenvalue weighted by molar-refractivity contribution is 6.08. The number of hydrogen-bond donors (Lipinski definition) is 0. The van der Waals surface area contributed by atoms with Gasteiger partial charge in [-0.15, -0.1) is 0 Å². The Morgan fingerprint density at radius 2 is 1.53 bits per heavy atom.